The molecule has 2 heterocycles. The maximum Gasteiger partial charge on any atom is 0.345 e. The van der Waals surface area contributed by atoms with E-state index < -0.39 is 5.97 Å². The maximum absolute atomic E-state index is 12.4. The number of aryl methyl sites for hydroxylation is 1. The summed E-state index contributed by atoms with van der Waals surface area (Å²) in [6, 6.07) is 13.4. The lowest BCUT2D eigenvalue weighted by Gasteiger charge is -2.08. The van der Waals surface area contributed by atoms with Gasteiger partial charge in [-0.15, -0.1) is 10.2 Å². The average Bonchev–Trinajstić information content (AvgIpc) is 3.42. The number of nitrogens with zero attached hydrogens (tertiary/aromatic N) is 3. The topological polar surface area (TPSA) is 113 Å². The van der Waals surface area contributed by atoms with Gasteiger partial charge in [-0.3, -0.25) is 0 Å². The van der Waals surface area contributed by atoms with E-state index in [1.165, 1.54) is 35.8 Å². The summed E-state index contributed by atoms with van der Waals surface area (Å²) in [6.07, 6.45) is 0. The van der Waals surface area contributed by atoms with Crippen molar-refractivity contribution in [1.29, 1.82) is 0 Å². The molecule has 0 spiro atoms. The van der Waals surface area contributed by atoms with Gasteiger partial charge in [-0.25, -0.2) is 9.78 Å². The molecular formula is C22H21N5O3S2. The number of H-pyrrole nitrogens is 1. The lowest BCUT2D eigenvalue weighted by Crippen LogP contribution is -2.09. The van der Waals surface area contributed by atoms with Crippen molar-refractivity contribution in [1.82, 2.24) is 20.2 Å². The molecule has 0 radical (unpaired) electrons. The number of esters is 1. The summed E-state index contributed by atoms with van der Waals surface area (Å²) >= 11 is 2.64. The molecule has 10 heteroatoms. The number of aromatic nitrogens is 4. The molecule has 0 aliphatic carbocycles. The van der Waals surface area contributed by atoms with Gasteiger partial charge in [0.1, 0.15) is 17.2 Å². The van der Waals surface area contributed by atoms with Gasteiger partial charge in [0, 0.05) is 5.69 Å². The van der Waals surface area contributed by atoms with Gasteiger partial charge in [0.25, 0.3) is 0 Å². The van der Waals surface area contributed by atoms with Gasteiger partial charge >= 0.3 is 5.97 Å². The molecule has 0 saturated heterocycles. The summed E-state index contributed by atoms with van der Waals surface area (Å²) in [5.41, 5.74) is 4.75. The minimum absolute atomic E-state index is 0.00514. The van der Waals surface area contributed by atoms with Crippen LogP contribution in [0, 0.1) is 13.8 Å². The van der Waals surface area contributed by atoms with E-state index in [1.807, 2.05) is 43.3 Å². The van der Waals surface area contributed by atoms with Gasteiger partial charge in [-0.1, -0.05) is 47.4 Å². The molecule has 0 amide bonds. The van der Waals surface area contributed by atoms with Gasteiger partial charge in [-0.05, 0) is 43.2 Å². The summed E-state index contributed by atoms with van der Waals surface area (Å²) in [4.78, 5) is 19.8. The number of carbonyl (C=O) groups is 1. The van der Waals surface area contributed by atoms with Crippen LogP contribution in [0.1, 0.15) is 17.0 Å². The van der Waals surface area contributed by atoms with Crippen LogP contribution in [0.4, 0.5) is 10.8 Å². The van der Waals surface area contributed by atoms with Crippen LogP contribution in [0.5, 0.6) is 0 Å². The minimum Gasteiger partial charge on any atom is -0.510 e. The molecule has 164 valence electrons. The molecule has 2 aromatic carbocycles. The normalized spacial score (nSPS) is 12.0. The number of methoxy groups -OCH3 is 1. The van der Waals surface area contributed by atoms with Crippen molar-refractivity contribution in [2.45, 2.75) is 18.2 Å². The number of ether oxygens (including phenoxy) is 1. The second-order valence-electron chi connectivity index (χ2n) is 6.95. The van der Waals surface area contributed by atoms with Crippen molar-refractivity contribution >= 4 is 56.5 Å². The summed E-state index contributed by atoms with van der Waals surface area (Å²) in [7, 11) is 1.27. The molecule has 8 nitrogen and oxygen atoms in total. The Hall–Kier alpha value is -3.37. The molecule has 4 rings (SSSR count). The van der Waals surface area contributed by atoms with Crippen molar-refractivity contribution in [3.8, 4) is 0 Å². The maximum atomic E-state index is 12.4. The number of thioether (sulfide) groups is 1. The van der Waals surface area contributed by atoms with Crippen LogP contribution >= 0.6 is 23.1 Å². The molecule has 0 saturated carbocycles. The average molecular weight is 468 g/mol. The molecule has 2 aromatic heterocycles. The molecule has 0 fully saturated rings. The summed E-state index contributed by atoms with van der Waals surface area (Å²) in [5, 5.41) is 23.0. The first-order valence-electron chi connectivity index (χ1n) is 9.71. The largest absolute Gasteiger partial charge is 0.510 e. The number of aliphatic hydroxyl groups excluding tert-OH is 1. The highest BCUT2D eigenvalue weighted by Gasteiger charge is 2.22. The molecule has 0 bridgehead atoms. The number of fused-ring (bicyclic) bond motifs is 1. The molecule has 0 aliphatic heterocycles. The first kappa shape index (κ1) is 21.8. The highest BCUT2D eigenvalue weighted by molar-refractivity contribution is 8.01. The predicted octanol–water partition coefficient (Wildman–Crippen LogP) is 5.01. The number of para-hydroxylation sites is 2. The first-order valence-corrected chi connectivity index (χ1v) is 11.5. The molecule has 0 unspecified atom stereocenters. The Labute approximate surface area is 192 Å². The zero-order valence-corrected chi connectivity index (χ0v) is 19.3. The Morgan fingerprint density at radius 3 is 2.78 bits per heavy atom. The van der Waals surface area contributed by atoms with Crippen LogP contribution < -0.4 is 5.32 Å². The first-order chi connectivity index (χ1) is 15.5. The van der Waals surface area contributed by atoms with Crippen LogP contribution in [0.2, 0.25) is 0 Å². The van der Waals surface area contributed by atoms with Crippen LogP contribution in [0.15, 0.2) is 52.6 Å². The summed E-state index contributed by atoms with van der Waals surface area (Å²) < 4.78 is 5.52. The summed E-state index contributed by atoms with van der Waals surface area (Å²) in [6.45, 7) is 4.10. The number of hydrogen-bond donors (Lipinski definition) is 3. The van der Waals surface area contributed by atoms with E-state index >= 15 is 0 Å². The number of imidazole rings is 1. The predicted molar refractivity (Wildman–Crippen MR) is 127 cm³/mol. The number of carbonyl (C=O) groups excluding carboxylic acids is 1. The number of aliphatic hydroxyl groups is 1. The molecule has 0 aliphatic rings. The van der Waals surface area contributed by atoms with E-state index in [0.29, 0.717) is 15.0 Å². The SMILES string of the molecule is COC(=O)C(=C(O)CSc1nnc(Nc2cccc(C)c2C)s1)c1nc2ccccc2[nH]1. The highest BCUT2D eigenvalue weighted by Crippen LogP contribution is 2.31. The lowest BCUT2D eigenvalue weighted by atomic mass is 10.1. The second kappa shape index (κ2) is 9.41. The molecule has 3 N–H and O–H groups in total. The Morgan fingerprint density at radius 1 is 1.19 bits per heavy atom. The highest BCUT2D eigenvalue weighted by atomic mass is 32.2. The molecular weight excluding hydrogens is 446 g/mol. The Balaban J connectivity index is 1.52. The Bertz CT molecular complexity index is 1280. The van der Waals surface area contributed by atoms with E-state index in [0.717, 1.165) is 16.8 Å². The van der Waals surface area contributed by atoms with E-state index in [-0.39, 0.29) is 22.9 Å². The second-order valence-corrected chi connectivity index (χ2v) is 9.15. The monoisotopic (exact) mass is 467 g/mol. The fourth-order valence-electron chi connectivity index (χ4n) is 3.05. The van der Waals surface area contributed by atoms with Crippen LogP contribution in [-0.2, 0) is 9.53 Å². The number of hydrogen-bond acceptors (Lipinski definition) is 9. The quantitative estimate of drug-likeness (QED) is 0.150. The zero-order valence-electron chi connectivity index (χ0n) is 17.7. The lowest BCUT2D eigenvalue weighted by molar-refractivity contribution is -0.133. The minimum atomic E-state index is -0.670. The zero-order chi connectivity index (χ0) is 22.7. The third kappa shape index (κ3) is 4.61. The molecule has 0 atom stereocenters. The van der Waals surface area contributed by atoms with Gasteiger partial charge < -0.3 is 20.1 Å². The van der Waals surface area contributed by atoms with Crippen LogP contribution in [0.3, 0.4) is 0 Å². The van der Waals surface area contributed by atoms with Gasteiger partial charge in [-0.2, -0.15) is 0 Å². The van der Waals surface area contributed by atoms with Crippen molar-refractivity contribution in [2.75, 3.05) is 18.2 Å². The van der Waals surface area contributed by atoms with Crippen molar-refractivity contribution in [2.24, 2.45) is 0 Å². The van der Waals surface area contributed by atoms with Crippen molar-refractivity contribution in [3.63, 3.8) is 0 Å². The van der Waals surface area contributed by atoms with Gasteiger partial charge in [0.05, 0.1) is 23.9 Å². The van der Waals surface area contributed by atoms with Crippen LogP contribution in [-0.4, -0.2) is 44.1 Å². The molecule has 4 aromatic rings. The third-order valence-corrected chi connectivity index (χ3v) is 6.87. The Kier molecular flexibility index (Phi) is 6.42. The number of benzene rings is 2. The van der Waals surface area contributed by atoms with Crippen LogP contribution in [0.25, 0.3) is 16.6 Å². The third-order valence-electron chi connectivity index (χ3n) is 4.89. The van der Waals surface area contributed by atoms with Gasteiger partial charge in [0.15, 0.2) is 4.34 Å². The number of rotatable bonds is 7. The fraction of sp³-hybridized carbons (Fsp3) is 0.182. The Morgan fingerprint density at radius 2 is 2.00 bits per heavy atom. The van der Waals surface area contributed by atoms with E-state index in [4.69, 9.17) is 4.74 Å². The number of anilines is 2. The number of nitrogens with one attached hydrogen (secondary N) is 2. The van der Waals surface area contributed by atoms with E-state index in [2.05, 4.69) is 38.5 Å². The van der Waals surface area contributed by atoms with Crippen molar-refractivity contribution in [3.05, 3.63) is 65.2 Å². The van der Waals surface area contributed by atoms with Gasteiger partial charge in [0.2, 0.25) is 5.13 Å². The van der Waals surface area contributed by atoms with E-state index in [1.54, 1.807) is 0 Å². The summed E-state index contributed by atoms with van der Waals surface area (Å²) in [5.74, 6) is -0.456. The van der Waals surface area contributed by atoms with Crippen molar-refractivity contribution < 1.29 is 14.6 Å². The number of aromatic amines is 1. The standard InChI is InChI=1S/C22H21N5O3S2/c1-12-7-6-10-14(13(12)2)25-21-26-27-22(32-21)31-11-17(28)18(20(29)30-3)19-23-15-8-4-5-9-16(15)24-19/h4-10,28H,11H2,1-3H3,(H,23,24)(H,25,26). The molecule has 32 heavy (non-hydrogen) atoms. The smallest absolute Gasteiger partial charge is 0.345 e. The van der Waals surface area contributed by atoms with E-state index in [9.17, 15) is 9.90 Å². The fourth-order valence-corrected chi connectivity index (χ4v) is 4.69.